The topological polar surface area (TPSA) is 38.8 Å². The monoisotopic (exact) mass is 320 g/mol. The normalized spacial score (nSPS) is 32.9. The maximum atomic E-state index is 11.3. The Morgan fingerprint density at radius 3 is 2.17 bits per heavy atom. The standard InChI is InChI=1S/C18H32N4O/c23-18-10-15(11-19-18)12-20-13-17(14-20)22-8-6-21(7-9-22)16-4-2-1-3-5-16/h15-17H,1-14H2,(H,19,23). The van der Waals surface area contributed by atoms with E-state index in [0.717, 1.165) is 31.6 Å². The molecule has 0 aromatic carbocycles. The van der Waals surface area contributed by atoms with Crippen LogP contribution in [0.1, 0.15) is 38.5 Å². The van der Waals surface area contributed by atoms with E-state index in [-0.39, 0.29) is 5.91 Å². The van der Waals surface area contributed by atoms with Crippen LogP contribution < -0.4 is 5.32 Å². The van der Waals surface area contributed by atoms with Crippen molar-refractivity contribution in [2.75, 3.05) is 52.4 Å². The zero-order chi connectivity index (χ0) is 15.6. The molecule has 3 saturated heterocycles. The lowest BCUT2D eigenvalue weighted by atomic mass is 9.93. The minimum atomic E-state index is 0.242. The lowest BCUT2D eigenvalue weighted by molar-refractivity contribution is -0.119. The molecule has 1 aliphatic carbocycles. The van der Waals surface area contributed by atoms with Crippen LogP contribution in [-0.4, -0.2) is 85.0 Å². The average molecular weight is 320 g/mol. The molecule has 1 saturated carbocycles. The molecular weight excluding hydrogens is 288 g/mol. The summed E-state index contributed by atoms with van der Waals surface area (Å²) in [4.78, 5) is 19.3. The van der Waals surface area contributed by atoms with Crippen molar-refractivity contribution in [2.24, 2.45) is 5.92 Å². The molecule has 5 heteroatoms. The van der Waals surface area contributed by atoms with Crippen LogP contribution in [0.3, 0.4) is 0 Å². The molecule has 3 aliphatic heterocycles. The third-order valence-corrected chi connectivity index (χ3v) is 6.47. The first kappa shape index (κ1) is 15.9. The number of hydrogen-bond donors (Lipinski definition) is 1. The van der Waals surface area contributed by atoms with Crippen LogP contribution in [0.15, 0.2) is 0 Å². The number of likely N-dealkylation sites (tertiary alicyclic amines) is 1. The third kappa shape index (κ3) is 3.72. The molecule has 1 atom stereocenters. The molecule has 0 radical (unpaired) electrons. The SMILES string of the molecule is O=C1CC(CN2CC(N3CCN(C4CCCCC4)CC3)C2)CN1. The van der Waals surface area contributed by atoms with Gasteiger partial charge in [0, 0.05) is 70.9 Å². The van der Waals surface area contributed by atoms with Gasteiger partial charge in [0.2, 0.25) is 5.91 Å². The molecule has 23 heavy (non-hydrogen) atoms. The van der Waals surface area contributed by atoms with Gasteiger partial charge >= 0.3 is 0 Å². The number of hydrogen-bond acceptors (Lipinski definition) is 4. The number of rotatable bonds is 4. The van der Waals surface area contributed by atoms with E-state index in [1.54, 1.807) is 0 Å². The third-order valence-electron chi connectivity index (χ3n) is 6.47. The minimum absolute atomic E-state index is 0.242. The van der Waals surface area contributed by atoms with E-state index in [1.807, 2.05) is 0 Å². The molecule has 0 bridgehead atoms. The lowest BCUT2D eigenvalue weighted by Crippen LogP contribution is -2.64. The fourth-order valence-corrected chi connectivity index (χ4v) is 5.00. The predicted octanol–water partition coefficient (Wildman–Crippen LogP) is 0.757. The van der Waals surface area contributed by atoms with Gasteiger partial charge in [-0.3, -0.25) is 19.5 Å². The van der Waals surface area contributed by atoms with Crippen molar-refractivity contribution in [1.82, 2.24) is 20.0 Å². The van der Waals surface area contributed by atoms with Crippen molar-refractivity contribution in [2.45, 2.75) is 50.6 Å². The van der Waals surface area contributed by atoms with Crippen LogP contribution in [0.5, 0.6) is 0 Å². The number of carbonyl (C=O) groups is 1. The molecule has 4 rings (SSSR count). The summed E-state index contributed by atoms with van der Waals surface area (Å²) in [6, 6.07) is 1.66. The van der Waals surface area contributed by atoms with Gasteiger partial charge in [0.05, 0.1) is 0 Å². The van der Waals surface area contributed by atoms with Crippen LogP contribution >= 0.6 is 0 Å². The highest BCUT2D eigenvalue weighted by Gasteiger charge is 2.36. The first-order valence-corrected chi connectivity index (χ1v) is 9.75. The van der Waals surface area contributed by atoms with E-state index in [4.69, 9.17) is 0 Å². The van der Waals surface area contributed by atoms with Gasteiger partial charge in [0.25, 0.3) is 0 Å². The smallest absolute Gasteiger partial charge is 0.220 e. The van der Waals surface area contributed by atoms with Gasteiger partial charge in [-0.1, -0.05) is 19.3 Å². The number of nitrogens with zero attached hydrogens (tertiary/aromatic N) is 3. The summed E-state index contributed by atoms with van der Waals surface area (Å²) in [6.07, 6.45) is 7.95. The Bertz CT molecular complexity index is 409. The Kier molecular flexibility index (Phi) is 4.88. The van der Waals surface area contributed by atoms with Crippen molar-refractivity contribution >= 4 is 5.91 Å². The summed E-state index contributed by atoms with van der Waals surface area (Å²) in [6.45, 7) is 9.51. The fourth-order valence-electron chi connectivity index (χ4n) is 5.00. The Morgan fingerprint density at radius 1 is 0.913 bits per heavy atom. The molecule has 130 valence electrons. The predicted molar refractivity (Wildman–Crippen MR) is 91.4 cm³/mol. The van der Waals surface area contributed by atoms with Crippen LogP contribution in [0, 0.1) is 5.92 Å². The molecule has 0 aromatic rings. The summed E-state index contributed by atoms with van der Waals surface area (Å²) in [5.41, 5.74) is 0. The first-order chi connectivity index (χ1) is 11.3. The zero-order valence-electron chi connectivity index (χ0n) is 14.4. The molecule has 3 heterocycles. The van der Waals surface area contributed by atoms with Crippen LogP contribution in [0.4, 0.5) is 0 Å². The summed E-state index contributed by atoms with van der Waals surface area (Å²) in [5.74, 6) is 0.789. The molecule has 1 unspecified atom stereocenters. The van der Waals surface area contributed by atoms with E-state index >= 15 is 0 Å². The second-order valence-electron chi connectivity index (χ2n) is 8.11. The van der Waals surface area contributed by atoms with Gasteiger partial charge in [-0.2, -0.15) is 0 Å². The van der Waals surface area contributed by atoms with E-state index in [0.29, 0.717) is 5.92 Å². The van der Waals surface area contributed by atoms with Gasteiger partial charge < -0.3 is 5.32 Å². The van der Waals surface area contributed by atoms with Crippen molar-refractivity contribution in [1.29, 1.82) is 0 Å². The maximum Gasteiger partial charge on any atom is 0.220 e. The Labute approximate surface area is 140 Å². The molecule has 5 nitrogen and oxygen atoms in total. The number of nitrogens with one attached hydrogen (secondary N) is 1. The van der Waals surface area contributed by atoms with Crippen LogP contribution in [0.25, 0.3) is 0 Å². The number of amides is 1. The molecule has 4 fully saturated rings. The molecule has 0 aromatic heterocycles. The maximum absolute atomic E-state index is 11.3. The van der Waals surface area contributed by atoms with Crippen LogP contribution in [-0.2, 0) is 4.79 Å². The van der Waals surface area contributed by atoms with E-state index in [2.05, 4.69) is 20.0 Å². The highest BCUT2D eigenvalue weighted by atomic mass is 16.1. The highest BCUT2D eigenvalue weighted by molar-refractivity contribution is 5.78. The summed E-state index contributed by atoms with van der Waals surface area (Å²) >= 11 is 0. The Hall–Kier alpha value is -0.650. The van der Waals surface area contributed by atoms with Gasteiger partial charge in [0.15, 0.2) is 0 Å². The second kappa shape index (κ2) is 7.08. The first-order valence-electron chi connectivity index (χ1n) is 9.75. The van der Waals surface area contributed by atoms with Gasteiger partial charge in [0.1, 0.15) is 0 Å². The summed E-state index contributed by atoms with van der Waals surface area (Å²) in [5, 5.41) is 2.95. The summed E-state index contributed by atoms with van der Waals surface area (Å²) < 4.78 is 0. The number of carbonyl (C=O) groups excluding carboxylic acids is 1. The Balaban J connectivity index is 1.15. The molecule has 1 amide bonds. The Morgan fingerprint density at radius 2 is 1.57 bits per heavy atom. The molecule has 4 aliphatic rings. The van der Waals surface area contributed by atoms with Gasteiger partial charge in [-0.25, -0.2) is 0 Å². The quantitative estimate of drug-likeness (QED) is 0.830. The van der Waals surface area contributed by atoms with Gasteiger partial charge in [-0.15, -0.1) is 0 Å². The van der Waals surface area contributed by atoms with E-state index < -0.39 is 0 Å². The van der Waals surface area contributed by atoms with Crippen LogP contribution in [0.2, 0.25) is 0 Å². The van der Waals surface area contributed by atoms with Gasteiger partial charge in [-0.05, 0) is 18.8 Å². The lowest BCUT2D eigenvalue weighted by Gasteiger charge is -2.50. The second-order valence-corrected chi connectivity index (χ2v) is 8.11. The van der Waals surface area contributed by atoms with Crippen molar-refractivity contribution in [3.8, 4) is 0 Å². The average Bonchev–Trinajstić information content (AvgIpc) is 2.97. The van der Waals surface area contributed by atoms with Crippen molar-refractivity contribution < 1.29 is 4.79 Å². The molecule has 1 N–H and O–H groups in total. The molecular formula is C18H32N4O. The van der Waals surface area contributed by atoms with Crippen molar-refractivity contribution in [3.05, 3.63) is 0 Å². The molecule has 0 spiro atoms. The largest absolute Gasteiger partial charge is 0.356 e. The fraction of sp³-hybridized carbons (Fsp3) is 0.944. The summed E-state index contributed by atoms with van der Waals surface area (Å²) in [7, 11) is 0. The minimum Gasteiger partial charge on any atom is -0.356 e. The number of piperazine rings is 1. The van der Waals surface area contributed by atoms with E-state index in [1.165, 1.54) is 71.4 Å². The van der Waals surface area contributed by atoms with Crippen molar-refractivity contribution in [3.63, 3.8) is 0 Å². The van der Waals surface area contributed by atoms with E-state index in [9.17, 15) is 4.79 Å². The highest BCUT2D eigenvalue weighted by Crippen LogP contribution is 2.25. The zero-order valence-corrected chi connectivity index (χ0v) is 14.4.